The summed E-state index contributed by atoms with van der Waals surface area (Å²) < 4.78 is 11.6. The van der Waals surface area contributed by atoms with E-state index in [0.717, 1.165) is 32.3 Å². The molecule has 2 aliphatic rings. The van der Waals surface area contributed by atoms with Crippen LogP contribution in [0.4, 0.5) is 0 Å². The normalized spacial score (nSPS) is 31.3. The summed E-state index contributed by atoms with van der Waals surface area (Å²) in [5.74, 6) is 0. The van der Waals surface area contributed by atoms with Gasteiger partial charge in [-0.25, -0.2) is 0 Å². The standard InChI is InChI=1S/C15H21NO2/c16-15-13-6-2-1-4-11(13)7-8-14(15)18-10-12-5-3-9-17-12/h1-2,4,6,12,14-15H,3,5,7-10,16H2. The number of hydrogen-bond donors (Lipinski definition) is 1. The molecule has 0 aromatic heterocycles. The van der Waals surface area contributed by atoms with Crippen LogP contribution in [0.25, 0.3) is 0 Å². The zero-order valence-corrected chi connectivity index (χ0v) is 10.7. The molecule has 0 saturated carbocycles. The van der Waals surface area contributed by atoms with E-state index >= 15 is 0 Å². The minimum Gasteiger partial charge on any atom is -0.376 e. The molecule has 0 bridgehead atoms. The van der Waals surface area contributed by atoms with E-state index in [2.05, 4.69) is 24.3 Å². The maximum absolute atomic E-state index is 6.31. The Morgan fingerprint density at radius 2 is 2.17 bits per heavy atom. The van der Waals surface area contributed by atoms with E-state index in [4.69, 9.17) is 15.2 Å². The van der Waals surface area contributed by atoms with Crippen LogP contribution in [0, 0.1) is 0 Å². The number of ether oxygens (including phenoxy) is 2. The molecule has 0 amide bonds. The highest BCUT2D eigenvalue weighted by molar-refractivity contribution is 5.33. The predicted molar refractivity (Wildman–Crippen MR) is 70.4 cm³/mol. The summed E-state index contributed by atoms with van der Waals surface area (Å²) in [6.45, 7) is 1.58. The lowest BCUT2D eigenvalue weighted by Gasteiger charge is -2.31. The fourth-order valence-electron chi connectivity index (χ4n) is 2.96. The van der Waals surface area contributed by atoms with E-state index in [1.807, 2.05) is 0 Å². The minimum atomic E-state index is 0.0105. The zero-order valence-electron chi connectivity index (χ0n) is 10.7. The Labute approximate surface area is 108 Å². The van der Waals surface area contributed by atoms with Crippen LogP contribution in [0.3, 0.4) is 0 Å². The number of benzene rings is 1. The minimum absolute atomic E-state index is 0.0105. The third-order valence-electron chi connectivity index (χ3n) is 4.03. The molecule has 1 saturated heterocycles. The first kappa shape index (κ1) is 12.2. The predicted octanol–water partition coefficient (Wildman–Crippen LogP) is 2.20. The molecule has 18 heavy (non-hydrogen) atoms. The van der Waals surface area contributed by atoms with E-state index in [1.54, 1.807) is 0 Å². The van der Waals surface area contributed by atoms with E-state index < -0.39 is 0 Å². The van der Waals surface area contributed by atoms with Crippen molar-refractivity contribution in [1.82, 2.24) is 0 Å². The summed E-state index contributed by atoms with van der Waals surface area (Å²) in [6, 6.07) is 8.45. The van der Waals surface area contributed by atoms with Gasteiger partial charge in [0.05, 0.1) is 24.9 Å². The second-order valence-electron chi connectivity index (χ2n) is 5.27. The largest absolute Gasteiger partial charge is 0.376 e. The summed E-state index contributed by atoms with van der Waals surface area (Å²) in [7, 11) is 0. The molecule has 3 unspecified atom stereocenters. The lowest BCUT2D eigenvalue weighted by atomic mass is 9.86. The van der Waals surface area contributed by atoms with E-state index in [1.165, 1.54) is 11.1 Å². The lowest BCUT2D eigenvalue weighted by molar-refractivity contribution is -0.0347. The van der Waals surface area contributed by atoms with Gasteiger partial charge in [0.15, 0.2) is 0 Å². The molecule has 2 N–H and O–H groups in total. The molecular formula is C15H21NO2. The van der Waals surface area contributed by atoms with Gasteiger partial charge in [0.25, 0.3) is 0 Å². The maximum Gasteiger partial charge on any atom is 0.0809 e. The summed E-state index contributed by atoms with van der Waals surface area (Å²) in [5, 5.41) is 0. The topological polar surface area (TPSA) is 44.5 Å². The SMILES string of the molecule is NC1c2ccccc2CCC1OCC1CCCO1. The third-order valence-corrected chi connectivity index (χ3v) is 4.03. The average molecular weight is 247 g/mol. The quantitative estimate of drug-likeness (QED) is 0.890. The van der Waals surface area contributed by atoms with Crippen molar-refractivity contribution in [3.05, 3.63) is 35.4 Å². The molecule has 1 fully saturated rings. The molecule has 1 heterocycles. The van der Waals surface area contributed by atoms with Gasteiger partial charge in [-0.15, -0.1) is 0 Å². The Hall–Kier alpha value is -0.900. The van der Waals surface area contributed by atoms with Crippen LogP contribution in [0.1, 0.15) is 36.4 Å². The van der Waals surface area contributed by atoms with Crippen molar-refractivity contribution in [3.8, 4) is 0 Å². The number of fused-ring (bicyclic) bond motifs is 1. The van der Waals surface area contributed by atoms with Gasteiger partial charge in [0, 0.05) is 6.61 Å². The van der Waals surface area contributed by atoms with Gasteiger partial charge < -0.3 is 15.2 Å². The van der Waals surface area contributed by atoms with Crippen LogP contribution in [-0.4, -0.2) is 25.4 Å². The van der Waals surface area contributed by atoms with Crippen LogP contribution in [0.15, 0.2) is 24.3 Å². The van der Waals surface area contributed by atoms with Crippen LogP contribution >= 0.6 is 0 Å². The van der Waals surface area contributed by atoms with Gasteiger partial charge in [0.2, 0.25) is 0 Å². The van der Waals surface area contributed by atoms with Gasteiger partial charge in [-0.2, -0.15) is 0 Å². The van der Waals surface area contributed by atoms with E-state index in [9.17, 15) is 0 Å². The van der Waals surface area contributed by atoms with Gasteiger partial charge in [-0.05, 0) is 36.8 Å². The molecule has 1 aromatic carbocycles. The Morgan fingerprint density at radius 1 is 1.28 bits per heavy atom. The third kappa shape index (κ3) is 2.44. The van der Waals surface area contributed by atoms with Gasteiger partial charge in [0.1, 0.15) is 0 Å². The van der Waals surface area contributed by atoms with Crippen molar-refractivity contribution in [3.63, 3.8) is 0 Å². The number of aryl methyl sites for hydroxylation is 1. The van der Waals surface area contributed by atoms with Crippen molar-refractivity contribution in [1.29, 1.82) is 0 Å². The van der Waals surface area contributed by atoms with Crippen LogP contribution in [-0.2, 0) is 15.9 Å². The van der Waals surface area contributed by atoms with Gasteiger partial charge in [-0.1, -0.05) is 24.3 Å². The van der Waals surface area contributed by atoms with Crippen molar-refractivity contribution in [2.24, 2.45) is 5.73 Å². The highest BCUT2D eigenvalue weighted by atomic mass is 16.5. The second-order valence-corrected chi connectivity index (χ2v) is 5.27. The molecule has 3 atom stereocenters. The average Bonchev–Trinajstić information content (AvgIpc) is 2.91. The molecule has 3 nitrogen and oxygen atoms in total. The monoisotopic (exact) mass is 247 g/mol. The summed E-state index contributed by atoms with van der Waals surface area (Å²) in [6.07, 6.45) is 4.80. The number of rotatable bonds is 3. The molecule has 1 aliphatic carbocycles. The number of nitrogens with two attached hydrogens (primary N) is 1. The Morgan fingerprint density at radius 3 is 3.00 bits per heavy atom. The summed E-state index contributed by atoms with van der Waals surface area (Å²) in [5.41, 5.74) is 8.94. The van der Waals surface area contributed by atoms with Crippen molar-refractivity contribution in [2.75, 3.05) is 13.2 Å². The highest BCUT2D eigenvalue weighted by Gasteiger charge is 2.28. The fourth-order valence-corrected chi connectivity index (χ4v) is 2.96. The van der Waals surface area contributed by atoms with Crippen LogP contribution < -0.4 is 5.73 Å². The molecular weight excluding hydrogens is 226 g/mol. The maximum atomic E-state index is 6.31. The summed E-state index contributed by atoms with van der Waals surface area (Å²) >= 11 is 0. The Bertz CT molecular complexity index is 401. The molecule has 0 spiro atoms. The van der Waals surface area contributed by atoms with Gasteiger partial charge in [-0.3, -0.25) is 0 Å². The molecule has 1 aliphatic heterocycles. The number of hydrogen-bond acceptors (Lipinski definition) is 3. The molecule has 98 valence electrons. The van der Waals surface area contributed by atoms with Gasteiger partial charge >= 0.3 is 0 Å². The van der Waals surface area contributed by atoms with E-state index in [-0.39, 0.29) is 18.2 Å². The fraction of sp³-hybridized carbons (Fsp3) is 0.600. The molecule has 1 aromatic rings. The first-order valence-electron chi connectivity index (χ1n) is 6.91. The lowest BCUT2D eigenvalue weighted by Crippen LogP contribution is -2.35. The second kappa shape index (κ2) is 5.39. The van der Waals surface area contributed by atoms with Crippen LogP contribution in [0.2, 0.25) is 0 Å². The van der Waals surface area contributed by atoms with Crippen molar-refractivity contribution < 1.29 is 9.47 Å². The zero-order chi connectivity index (χ0) is 12.4. The molecule has 0 radical (unpaired) electrons. The molecule has 3 rings (SSSR count). The van der Waals surface area contributed by atoms with E-state index in [0.29, 0.717) is 6.61 Å². The van der Waals surface area contributed by atoms with Crippen molar-refractivity contribution >= 4 is 0 Å². The Balaban J connectivity index is 1.61. The Kier molecular flexibility index (Phi) is 3.64. The highest BCUT2D eigenvalue weighted by Crippen LogP contribution is 2.30. The first-order valence-corrected chi connectivity index (χ1v) is 6.91. The summed E-state index contributed by atoms with van der Waals surface area (Å²) in [4.78, 5) is 0. The first-order chi connectivity index (χ1) is 8.84. The smallest absolute Gasteiger partial charge is 0.0809 e. The van der Waals surface area contributed by atoms with Crippen LogP contribution in [0.5, 0.6) is 0 Å². The molecule has 3 heteroatoms. The van der Waals surface area contributed by atoms with Crippen molar-refractivity contribution in [2.45, 2.75) is 43.9 Å².